The summed E-state index contributed by atoms with van der Waals surface area (Å²) in [7, 11) is -5.07. The van der Waals surface area contributed by atoms with Crippen LogP contribution < -0.4 is 0 Å². The van der Waals surface area contributed by atoms with E-state index in [1.165, 1.54) is 167 Å². The van der Waals surface area contributed by atoms with Crippen LogP contribution in [-0.4, -0.2) is 97.5 Å². The van der Waals surface area contributed by atoms with Gasteiger partial charge < -0.3 is 34.3 Å². The van der Waals surface area contributed by atoms with E-state index in [4.69, 9.17) is 18.9 Å². The molecule has 0 spiro atoms. The second-order valence-corrected chi connectivity index (χ2v) is 20.6. The summed E-state index contributed by atoms with van der Waals surface area (Å²) in [5.41, 5.74) is 0. The SMILES string of the molecule is CCCCC/C=C\C/C=C\C/C=C\CCCCCCCCCOCC(COC1OC(CO)C(O)C(OS(=O)(=O)O)C1O)OC(=O)CCCCCCCCCCCCCCCCCCCCCCCC. The third-order valence-electron chi connectivity index (χ3n) is 13.0. The van der Waals surface area contributed by atoms with Gasteiger partial charge in [0.15, 0.2) is 6.29 Å². The zero-order valence-corrected chi connectivity index (χ0v) is 44.7. The molecule has 0 aromatic carbocycles. The zero-order chi connectivity index (χ0) is 50.3. The molecular formula is C56H104O12S. The predicted octanol–water partition coefficient (Wildman–Crippen LogP) is 13.7. The standard InChI is InChI=1S/C56H104O12S/c1-3-5-7-9-11-13-15-17-19-21-23-25-26-27-29-31-33-35-37-39-41-43-45-52(58)66-50(49-65-56-54(60)55(68-69(61,62)63)53(59)51(47-57)67-56)48-64-46-44-42-40-38-36-34-32-30-28-24-22-20-18-16-14-12-10-8-6-4-2/h12,14,18,20,24,28,50-51,53-57,59-60H,3-11,13,15-17,19,21-23,25-27,29-49H2,1-2H3,(H,61,62,63)/b14-12-,20-18-,28-24-. The van der Waals surface area contributed by atoms with Crippen LogP contribution in [-0.2, 0) is 38.3 Å². The van der Waals surface area contributed by atoms with Crippen molar-refractivity contribution in [2.75, 3.05) is 26.4 Å². The molecule has 69 heavy (non-hydrogen) atoms. The summed E-state index contributed by atoms with van der Waals surface area (Å²) in [6, 6.07) is 0. The van der Waals surface area contributed by atoms with Gasteiger partial charge >= 0.3 is 16.4 Å². The number of esters is 1. The van der Waals surface area contributed by atoms with Gasteiger partial charge in [0.25, 0.3) is 0 Å². The largest absolute Gasteiger partial charge is 0.457 e. The summed E-state index contributed by atoms with van der Waals surface area (Å²) in [5, 5.41) is 30.8. The minimum atomic E-state index is -5.07. The molecule has 1 rings (SSSR count). The first-order chi connectivity index (χ1) is 33.6. The topological polar surface area (TPSA) is 178 Å². The van der Waals surface area contributed by atoms with Crippen LogP contribution in [0.15, 0.2) is 36.5 Å². The Bertz CT molecular complexity index is 1340. The molecule has 1 saturated heterocycles. The number of hydrogen-bond donors (Lipinski definition) is 4. The lowest BCUT2D eigenvalue weighted by molar-refractivity contribution is -0.301. The molecular weight excluding hydrogens is 897 g/mol. The second kappa shape index (κ2) is 47.3. The number of unbranched alkanes of at least 4 members (excludes halogenated alkanes) is 31. The van der Waals surface area contributed by atoms with Gasteiger partial charge in [0.2, 0.25) is 0 Å². The summed E-state index contributed by atoms with van der Waals surface area (Å²) in [6.07, 6.45) is 48.9. The number of allylic oxidation sites excluding steroid dienone is 6. The number of hydrogen-bond acceptors (Lipinski definition) is 11. The van der Waals surface area contributed by atoms with Gasteiger partial charge in [-0.25, -0.2) is 4.18 Å². The smallest absolute Gasteiger partial charge is 0.397 e. The second-order valence-electron chi connectivity index (χ2n) is 19.5. The first-order valence-electron chi connectivity index (χ1n) is 28.2. The van der Waals surface area contributed by atoms with E-state index in [1.54, 1.807) is 0 Å². The first kappa shape index (κ1) is 65.3. The van der Waals surface area contributed by atoms with Gasteiger partial charge in [-0.3, -0.25) is 9.35 Å². The van der Waals surface area contributed by atoms with Crippen molar-refractivity contribution in [3.63, 3.8) is 0 Å². The van der Waals surface area contributed by atoms with Crippen LogP contribution in [0.1, 0.15) is 251 Å². The maximum absolute atomic E-state index is 12.9. The lowest BCUT2D eigenvalue weighted by Crippen LogP contribution is -2.60. The molecule has 1 fully saturated rings. The highest BCUT2D eigenvalue weighted by molar-refractivity contribution is 7.80. The molecule has 6 atom stereocenters. The Morgan fingerprint density at radius 1 is 0.551 bits per heavy atom. The van der Waals surface area contributed by atoms with E-state index in [9.17, 15) is 33.1 Å². The van der Waals surface area contributed by atoms with Crippen molar-refractivity contribution >= 4 is 16.4 Å². The Labute approximate surface area is 422 Å². The minimum absolute atomic E-state index is 0.0321. The lowest BCUT2D eigenvalue weighted by atomic mass is 9.99. The maximum atomic E-state index is 12.9. The zero-order valence-electron chi connectivity index (χ0n) is 43.9. The average molecular weight is 1000 g/mol. The highest BCUT2D eigenvalue weighted by Crippen LogP contribution is 2.26. The molecule has 0 amide bonds. The van der Waals surface area contributed by atoms with E-state index >= 15 is 0 Å². The van der Waals surface area contributed by atoms with Crippen LogP contribution in [0.25, 0.3) is 0 Å². The number of ether oxygens (including phenoxy) is 4. The van der Waals surface area contributed by atoms with Gasteiger partial charge in [-0.1, -0.05) is 230 Å². The van der Waals surface area contributed by atoms with Crippen molar-refractivity contribution in [1.82, 2.24) is 0 Å². The quantitative estimate of drug-likeness (QED) is 0.0196. The van der Waals surface area contributed by atoms with E-state index in [2.05, 4.69) is 54.5 Å². The number of rotatable bonds is 50. The number of carbonyl (C=O) groups excluding carboxylic acids is 1. The molecule has 0 aliphatic carbocycles. The Hall–Kier alpha value is -1.68. The molecule has 6 unspecified atom stereocenters. The summed E-state index contributed by atoms with van der Waals surface area (Å²) in [5.74, 6) is -0.398. The number of carbonyl (C=O) groups is 1. The summed E-state index contributed by atoms with van der Waals surface area (Å²) < 4.78 is 59.4. The van der Waals surface area contributed by atoms with E-state index in [-0.39, 0.29) is 19.6 Å². The monoisotopic (exact) mass is 1000 g/mol. The fourth-order valence-corrected chi connectivity index (χ4v) is 9.25. The Kier molecular flexibility index (Phi) is 44.8. The van der Waals surface area contributed by atoms with Gasteiger partial charge in [0.05, 0.1) is 19.8 Å². The Morgan fingerprint density at radius 2 is 0.957 bits per heavy atom. The summed E-state index contributed by atoms with van der Waals surface area (Å²) >= 11 is 0. The van der Waals surface area contributed by atoms with Gasteiger partial charge in [0, 0.05) is 13.0 Å². The molecule has 0 aromatic heterocycles. The van der Waals surface area contributed by atoms with Gasteiger partial charge in [0.1, 0.15) is 30.5 Å². The van der Waals surface area contributed by atoms with Crippen molar-refractivity contribution < 1.29 is 56.2 Å². The molecule has 1 aliphatic heterocycles. The fourth-order valence-electron chi connectivity index (χ4n) is 8.74. The van der Waals surface area contributed by atoms with Crippen molar-refractivity contribution in [3.8, 4) is 0 Å². The molecule has 406 valence electrons. The van der Waals surface area contributed by atoms with Crippen molar-refractivity contribution in [2.24, 2.45) is 0 Å². The third-order valence-corrected chi connectivity index (χ3v) is 13.5. The fraction of sp³-hybridized carbons (Fsp3) is 0.875. The average Bonchev–Trinajstić information content (AvgIpc) is 3.32. The predicted molar refractivity (Wildman–Crippen MR) is 280 cm³/mol. The van der Waals surface area contributed by atoms with E-state index < -0.39 is 59.8 Å². The molecule has 0 saturated carbocycles. The molecule has 13 heteroatoms. The van der Waals surface area contributed by atoms with Crippen LogP contribution in [0.4, 0.5) is 0 Å². The number of aliphatic hydroxyl groups excluding tert-OH is 3. The van der Waals surface area contributed by atoms with Crippen LogP contribution in [0.5, 0.6) is 0 Å². The Morgan fingerprint density at radius 3 is 1.42 bits per heavy atom. The van der Waals surface area contributed by atoms with Crippen LogP contribution >= 0.6 is 0 Å². The third kappa shape index (κ3) is 40.5. The first-order valence-corrected chi connectivity index (χ1v) is 29.6. The van der Waals surface area contributed by atoms with Crippen molar-refractivity contribution in [1.29, 1.82) is 0 Å². The van der Waals surface area contributed by atoms with Crippen LogP contribution in [0.2, 0.25) is 0 Å². The number of aliphatic hydroxyl groups is 3. The van der Waals surface area contributed by atoms with Crippen molar-refractivity contribution in [2.45, 2.75) is 288 Å². The maximum Gasteiger partial charge on any atom is 0.397 e. The summed E-state index contributed by atoms with van der Waals surface area (Å²) in [4.78, 5) is 12.9. The molecule has 0 radical (unpaired) electrons. The van der Waals surface area contributed by atoms with E-state index in [1.807, 2.05) is 0 Å². The highest BCUT2D eigenvalue weighted by atomic mass is 32.3. The highest BCUT2D eigenvalue weighted by Gasteiger charge is 2.48. The van der Waals surface area contributed by atoms with E-state index in [0.717, 1.165) is 57.8 Å². The molecule has 1 aliphatic rings. The lowest BCUT2D eigenvalue weighted by Gasteiger charge is -2.41. The normalized spacial score (nSPS) is 19.4. The summed E-state index contributed by atoms with van der Waals surface area (Å²) in [6.45, 7) is 3.99. The van der Waals surface area contributed by atoms with Crippen LogP contribution in [0, 0.1) is 0 Å². The van der Waals surface area contributed by atoms with Gasteiger partial charge in [-0.05, 0) is 51.4 Å². The Balaban J connectivity index is 2.31. The minimum Gasteiger partial charge on any atom is -0.457 e. The molecule has 0 aromatic rings. The van der Waals surface area contributed by atoms with Crippen LogP contribution in [0.3, 0.4) is 0 Å². The molecule has 12 nitrogen and oxygen atoms in total. The van der Waals surface area contributed by atoms with Gasteiger partial charge in [-0.2, -0.15) is 8.42 Å². The van der Waals surface area contributed by atoms with Gasteiger partial charge in [-0.15, -0.1) is 0 Å². The molecule has 1 heterocycles. The van der Waals surface area contributed by atoms with E-state index in [0.29, 0.717) is 13.0 Å². The molecule has 0 bridgehead atoms. The van der Waals surface area contributed by atoms with Crippen molar-refractivity contribution in [3.05, 3.63) is 36.5 Å². The molecule has 4 N–H and O–H groups in total.